The summed E-state index contributed by atoms with van der Waals surface area (Å²) in [6, 6.07) is 7.35. The molecule has 0 atom stereocenters. The number of amides is 1. The van der Waals surface area contributed by atoms with E-state index in [2.05, 4.69) is 5.32 Å². The van der Waals surface area contributed by atoms with Gasteiger partial charge in [-0.15, -0.1) is 0 Å². The van der Waals surface area contributed by atoms with Crippen molar-refractivity contribution in [3.63, 3.8) is 0 Å². The van der Waals surface area contributed by atoms with Crippen LogP contribution < -0.4 is 10.1 Å². The van der Waals surface area contributed by atoms with Crippen molar-refractivity contribution in [2.75, 3.05) is 11.9 Å². The first-order valence-electron chi connectivity index (χ1n) is 10.2. The average Bonchev–Trinajstić information content (AvgIpc) is 2.70. The lowest BCUT2D eigenvalue weighted by Crippen LogP contribution is -2.12. The number of anilines is 1. The first-order valence-corrected chi connectivity index (χ1v) is 10.9. The van der Waals surface area contributed by atoms with Crippen LogP contribution in [-0.2, 0) is 22.4 Å². The van der Waals surface area contributed by atoms with Gasteiger partial charge in [-0.05, 0) is 49.8 Å². The molecule has 0 bridgehead atoms. The van der Waals surface area contributed by atoms with Crippen molar-refractivity contribution >= 4 is 40.8 Å². The lowest BCUT2D eigenvalue weighted by atomic mass is 10.1. The predicted octanol–water partition coefficient (Wildman–Crippen LogP) is 5.77. The Morgan fingerprint density at radius 3 is 2.52 bits per heavy atom. The minimum absolute atomic E-state index is 0.0120. The fraction of sp³-hybridized carbons (Fsp3) is 0.391. The molecule has 0 saturated carbocycles. The van der Waals surface area contributed by atoms with Crippen LogP contribution in [0.1, 0.15) is 49.3 Å². The average molecular weight is 468 g/mol. The van der Waals surface area contributed by atoms with Crippen LogP contribution in [0.4, 0.5) is 5.69 Å². The fourth-order valence-electron chi connectivity index (χ4n) is 3.12. The van der Waals surface area contributed by atoms with Crippen molar-refractivity contribution in [1.29, 1.82) is 0 Å². The molecule has 2 aromatic rings. The largest absolute Gasteiger partial charge is 0.504 e. The van der Waals surface area contributed by atoms with Crippen molar-refractivity contribution in [2.45, 2.75) is 52.4 Å². The monoisotopic (exact) mass is 467 g/mol. The molecule has 8 heteroatoms. The number of carbonyl (C=O) groups excluding carboxylic acids is 1. The lowest BCUT2D eigenvalue weighted by molar-refractivity contribution is -0.137. The Morgan fingerprint density at radius 2 is 1.87 bits per heavy atom. The number of carboxylic acid groups (broad SMARTS) is 1. The van der Waals surface area contributed by atoms with Gasteiger partial charge < -0.3 is 20.3 Å². The third kappa shape index (κ3) is 7.33. The van der Waals surface area contributed by atoms with Crippen LogP contribution in [0.3, 0.4) is 0 Å². The maximum absolute atomic E-state index is 12.4. The van der Waals surface area contributed by atoms with E-state index in [9.17, 15) is 14.7 Å². The highest BCUT2D eigenvalue weighted by atomic mass is 35.5. The second-order valence-electron chi connectivity index (χ2n) is 7.26. The van der Waals surface area contributed by atoms with Gasteiger partial charge in [-0.2, -0.15) is 0 Å². The van der Waals surface area contributed by atoms with Crippen molar-refractivity contribution in [3.8, 4) is 11.5 Å². The van der Waals surface area contributed by atoms with Gasteiger partial charge in [0.2, 0.25) is 5.91 Å². The van der Waals surface area contributed by atoms with Crippen molar-refractivity contribution in [1.82, 2.24) is 0 Å². The maximum Gasteiger partial charge on any atom is 0.303 e. The van der Waals surface area contributed by atoms with E-state index < -0.39 is 5.97 Å². The lowest BCUT2D eigenvalue weighted by Gasteiger charge is -2.16. The number of benzene rings is 2. The Labute approximate surface area is 192 Å². The zero-order valence-electron chi connectivity index (χ0n) is 17.6. The summed E-state index contributed by atoms with van der Waals surface area (Å²) in [5.41, 5.74) is 2.82. The molecule has 0 unspecified atom stereocenters. The number of rotatable bonds is 11. The second kappa shape index (κ2) is 11.8. The molecule has 2 aromatic carbocycles. The van der Waals surface area contributed by atoms with E-state index >= 15 is 0 Å². The van der Waals surface area contributed by atoms with Crippen molar-refractivity contribution in [2.24, 2.45) is 0 Å². The molecule has 0 aliphatic heterocycles. The molecule has 31 heavy (non-hydrogen) atoms. The van der Waals surface area contributed by atoms with Gasteiger partial charge in [0, 0.05) is 29.5 Å². The number of aliphatic carboxylic acids is 1. The number of ether oxygens (including phenoxy) is 1. The van der Waals surface area contributed by atoms with Gasteiger partial charge in [0.05, 0.1) is 17.3 Å². The third-order valence-corrected chi connectivity index (χ3v) is 5.54. The predicted molar refractivity (Wildman–Crippen MR) is 123 cm³/mol. The number of phenols is 1. The Hall–Kier alpha value is -2.44. The Bertz CT molecular complexity index is 946. The number of halogens is 2. The van der Waals surface area contributed by atoms with Gasteiger partial charge in [0.25, 0.3) is 0 Å². The molecule has 0 fully saturated rings. The number of carboxylic acids is 1. The standard InChI is InChI=1S/C23H27Cl2NO5/c1-3-16-19(31-11-5-8-21(28)29)13-18(23(30)22(16)25)26-20(27)7-4-6-15-10-9-14(2)12-17(15)24/h9-10,12-13,30H,3-8,11H2,1-2H3,(H,26,27)(H,28,29). The molecule has 0 radical (unpaired) electrons. The van der Waals surface area contributed by atoms with Crippen LogP contribution in [-0.4, -0.2) is 28.7 Å². The van der Waals surface area contributed by atoms with E-state index in [4.69, 9.17) is 33.0 Å². The normalized spacial score (nSPS) is 10.7. The van der Waals surface area contributed by atoms with Gasteiger partial charge in [0.15, 0.2) is 5.75 Å². The molecule has 0 spiro atoms. The van der Waals surface area contributed by atoms with Crippen LogP contribution in [0.5, 0.6) is 11.5 Å². The molecule has 0 heterocycles. The highest BCUT2D eigenvalue weighted by molar-refractivity contribution is 6.33. The molecular formula is C23H27Cl2NO5. The second-order valence-corrected chi connectivity index (χ2v) is 8.04. The van der Waals surface area contributed by atoms with Crippen molar-refractivity contribution < 1.29 is 24.5 Å². The fourth-order valence-corrected chi connectivity index (χ4v) is 3.78. The van der Waals surface area contributed by atoms with Gasteiger partial charge in [-0.3, -0.25) is 9.59 Å². The number of nitrogens with one attached hydrogen (secondary N) is 1. The van der Waals surface area contributed by atoms with Gasteiger partial charge in [-0.1, -0.05) is 42.3 Å². The Kier molecular flexibility index (Phi) is 9.46. The SMILES string of the molecule is CCc1c(OCCCC(=O)O)cc(NC(=O)CCCc2ccc(C)cc2Cl)c(O)c1Cl. The Morgan fingerprint density at radius 1 is 1.13 bits per heavy atom. The molecule has 0 aliphatic carbocycles. The van der Waals surface area contributed by atoms with Crippen LogP contribution in [0.2, 0.25) is 10.0 Å². The highest BCUT2D eigenvalue weighted by Crippen LogP contribution is 2.41. The first kappa shape index (κ1) is 24.8. The molecule has 0 aliphatic rings. The minimum Gasteiger partial charge on any atom is -0.504 e. The molecule has 168 valence electrons. The summed E-state index contributed by atoms with van der Waals surface area (Å²) in [6.07, 6.45) is 2.32. The van der Waals surface area contributed by atoms with Crippen LogP contribution in [0.15, 0.2) is 24.3 Å². The topological polar surface area (TPSA) is 95.9 Å². The van der Waals surface area contributed by atoms with E-state index in [0.717, 1.165) is 11.1 Å². The summed E-state index contributed by atoms with van der Waals surface area (Å²) in [5.74, 6) is -0.970. The molecular weight excluding hydrogens is 441 g/mol. The van der Waals surface area contributed by atoms with Gasteiger partial charge >= 0.3 is 5.97 Å². The summed E-state index contributed by atoms with van der Waals surface area (Å²) in [6.45, 7) is 4.01. The van der Waals surface area contributed by atoms with E-state index in [1.165, 1.54) is 6.07 Å². The smallest absolute Gasteiger partial charge is 0.303 e. The zero-order chi connectivity index (χ0) is 23.0. The Balaban J connectivity index is 2.01. The van der Waals surface area contributed by atoms with Crippen LogP contribution in [0.25, 0.3) is 0 Å². The van der Waals surface area contributed by atoms with Crippen LogP contribution in [0, 0.1) is 6.92 Å². The van der Waals surface area contributed by atoms with Crippen LogP contribution >= 0.6 is 23.2 Å². The summed E-state index contributed by atoms with van der Waals surface area (Å²) in [5, 5.41) is 22.6. The number of carbonyl (C=O) groups is 2. The molecule has 1 amide bonds. The maximum atomic E-state index is 12.4. The van der Waals surface area contributed by atoms with Gasteiger partial charge in [0.1, 0.15) is 5.75 Å². The molecule has 0 aromatic heterocycles. The number of hydrogen-bond donors (Lipinski definition) is 3. The van der Waals surface area contributed by atoms with E-state index in [1.807, 2.05) is 32.0 Å². The third-order valence-electron chi connectivity index (χ3n) is 4.78. The molecule has 2 rings (SSSR count). The molecule has 6 nitrogen and oxygen atoms in total. The van der Waals surface area contributed by atoms with Gasteiger partial charge in [-0.25, -0.2) is 0 Å². The minimum atomic E-state index is -0.900. The van der Waals surface area contributed by atoms with E-state index in [-0.39, 0.29) is 41.8 Å². The summed E-state index contributed by atoms with van der Waals surface area (Å²) in [7, 11) is 0. The van der Waals surface area contributed by atoms with E-state index in [0.29, 0.717) is 42.0 Å². The summed E-state index contributed by atoms with van der Waals surface area (Å²) in [4.78, 5) is 23.1. The first-order chi connectivity index (χ1) is 14.7. The molecule has 0 saturated heterocycles. The van der Waals surface area contributed by atoms with E-state index in [1.54, 1.807) is 0 Å². The molecule has 3 N–H and O–H groups in total. The quantitative estimate of drug-likeness (QED) is 0.287. The number of phenolic OH excluding ortho intramolecular Hbond substituents is 1. The number of aromatic hydroxyl groups is 1. The van der Waals surface area contributed by atoms with Crippen molar-refractivity contribution in [3.05, 3.63) is 51.0 Å². The number of aryl methyl sites for hydroxylation is 2. The summed E-state index contributed by atoms with van der Waals surface area (Å²) < 4.78 is 5.67. The zero-order valence-corrected chi connectivity index (χ0v) is 19.1. The summed E-state index contributed by atoms with van der Waals surface area (Å²) >= 11 is 12.5. The number of hydrogen-bond acceptors (Lipinski definition) is 4. The highest BCUT2D eigenvalue weighted by Gasteiger charge is 2.18.